The predicted molar refractivity (Wildman–Crippen MR) is 59.6 cm³/mol. The normalized spacial score (nSPS) is 24.2. The smallest absolute Gasteiger partial charge is 0.305 e. The monoisotopic (exact) mass is 270 g/mol. The summed E-state index contributed by atoms with van der Waals surface area (Å²) in [4.78, 5) is 0. The first-order chi connectivity index (χ1) is 7.81. The molecule has 0 bridgehead atoms. The van der Waals surface area contributed by atoms with E-state index in [0.29, 0.717) is 12.8 Å². The van der Waals surface area contributed by atoms with Crippen LogP contribution in [0.25, 0.3) is 0 Å². The average Bonchev–Trinajstić information content (AvgIpc) is 2.27. The van der Waals surface area contributed by atoms with Crippen LogP contribution in [0.15, 0.2) is 0 Å². The first-order valence-corrected chi connectivity index (χ1v) is 7.24. The molecule has 0 radical (unpaired) electrons. The number of aliphatic hydroxyl groups is 1. The maximum Gasteiger partial charge on any atom is 0.305 e. The zero-order chi connectivity index (χ0) is 13.1. The standard InChI is InChI=1S/C10H19FO5S/c1-2-10(11,17(13,14)15)9(12)16-8-6-4-3-5-7-8/h8-9,12H,2-7H2,1H3,(H,13,14,15). The molecule has 0 aromatic rings. The van der Waals surface area contributed by atoms with Gasteiger partial charge >= 0.3 is 10.1 Å². The van der Waals surface area contributed by atoms with E-state index in [1.165, 1.54) is 6.92 Å². The van der Waals surface area contributed by atoms with Crippen molar-refractivity contribution in [2.45, 2.75) is 62.8 Å². The SMILES string of the molecule is CCC(F)(C(O)OC1CCCCC1)S(=O)(=O)O. The molecule has 0 aromatic carbocycles. The topological polar surface area (TPSA) is 83.8 Å². The minimum atomic E-state index is -5.01. The van der Waals surface area contributed by atoms with E-state index < -0.39 is 27.8 Å². The second-order valence-electron chi connectivity index (χ2n) is 4.36. The highest BCUT2D eigenvalue weighted by Gasteiger charge is 2.50. The molecule has 102 valence electrons. The highest BCUT2D eigenvalue weighted by molar-refractivity contribution is 7.87. The first-order valence-electron chi connectivity index (χ1n) is 5.80. The van der Waals surface area contributed by atoms with Gasteiger partial charge in [-0.25, -0.2) is 4.39 Å². The van der Waals surface area contributed by atoms with Crippen molar-refractivity contribution in [3.63, 3.8) is 0 Å². The molecule has 2 N–H and O–H groups in total. The highest BCUT2D eigenvalue weighted by atomic mass is 32.2. The fourth-order valence-electron chi connectivity index (χ4n) is 1.97. The van der Waals surface area contributed by atoms with Crippen molar-refractivity contribution < 1.29 is 27.2 Å². The number of halogens is 1. The van der Waals surface area contributed by atoms with Crippen LogP contribution in [0.2, 0.25) is 0 Å². The summed E-state index contributed by atoms with van der Waals surface area (Å²) in [7, 11) is -5.01. The zero-order valence-corrected chi connectivity index (χ0v) is 10.6. The maximum atomic E-state index is 14.0. The molecule has 0 amide bonds. The lowest BCUT2D eigenvalue weighted by atomic mass is 9.98. The van der Waals surface area contributed by atoms with Gasteiger partial charge in [-0.2, -0.15) is 8.42 Å². The summed E-state index contributed by atoms with van der Waals surface area (Å²) < 4.78 is 49.6. The molecule has 0 aliphatic heterocycles. The Morgan fingerprint density at radius 1 is 1.41 bits per heavy atom. The fourth-order valence-corrected chi connectivity index (χ4v) is 2.64. The molecule has 0 aromatic heterocycles. The molecular weight excluding hydrogens is 251 g/mol. The Labute approximate surface area is 101 Å². The van der Waals surface area contributed by atoms with Crippen molar-refractivity contribution in [2.75, 3.05) is 0 Å². The Hall–Kier alpha value is -0.240. The number of rotatable bonds is 5. The molecule has 0 spiro atoms. The maximum absolute atomic E-state index is 14.0. The van der Waals surface area contributed by atoms with Crippen molar-refractivity contribution in [3.8, 4) is 0 Å². The summed E-state index contributed by atoms with van der Waals surface area (Å²) >= 11 is 0. The molecule has 2 atom stereocenters. The molecule has 0 saturated heterocycles. The molecule has 1 fully saturated rings. The second-order valence-corrected chi connectivity index (χ2v) is 5.99. The molecule has 1 aliphatic rings. The number of hydrogen-bond donors (Lipinski definition) is 2. The average molecular weight is 270 g/mol. The van der Waals surface area contributed by atoms with Crippen LogP contribution < -0.4 is 0 Å². The molecule has 0 heterocycles. The van der Waals surface area contributed by atoms with Gasteiger partial charge in [0, 0.05) is 6.42 Å². The van der Waals surface area contributed by atoms with Gasteiger partial charge in [0.25, 0.3) is 5.00 Å². The Morgan fingerprint density at radius 3 is 2.35 bits per heavy atom. The van der Waals surface area contributed by atoms with E-state index >= 15 is 0 Å². The third kappa shape index (κ3) is 3.37. The van der Waals surface area contributed by atoms with Gasteiger partial charge in [0.05, 0.1) is 6.10 Å². The van der Waals surface area contributed by atoms with Gasteiger partial charge < -0.3 is 9.84 Å². The van der Waals surface area contributed by atoms with Gasteiger partial charge in [-0.15, -0.1) is 0 Å². The van der Waals surface area contributed by atoms with Gasteiger partial charge in [0.1, 0.15) is 0 Å². The zero-order valence-electron chi connectivity index (χ0n) is 9.80. The van der Waals surface area contributed by atoms with E-state index in [0.717, 1.165) is 19.3 Å². The minimum Gasteiger partial charge on any atom is -0.364 e. The summed E-state index contributed by atoms with van der Waals surface area (Å²) in [6.45, 7) is 1.22. The number of aliphatic hydroxyl groups excluding tert-OH is 1. The fraction of sp³-hybridized carbons (Fsp3) is 1.00. The summed E-state index contributed by atoms with van der Waals surface area (Å²) in [6.07, 6.45) is 1.16. The summed E-state index contributed by atoms with van der Waals surface area (Å²) in [5.41, 5.74) is 0. The Morgan fingerprint density at radius 2 is 1.94 bits per heavy atom. The number of alkyl halides is 1. The number of hydrogen-bond acceptors (Lipinski definition) is 4. The first kappa shape index (κ1) is 14.8. The van der Waals surface area contributed by atoms with E-state index in [-0.39, 0.29) is 6.10 Å². The van der Waals surface area contributed by atoms with Crippen molar-refractivity contribution in [3.05, 3.63) is 0 Å². The summed E-state index contributed by atoms with van der Waals surface area (Å²) in [5, 5.41) is 6.37. The Kier molecular flexibility index (Phi) is 4.88. The lowest BCUT2D eigenvalue weighted by Crippen LogP contribution is -2.47. The van der Waals surface area contributed by atoms with Crippen LogP contribution in [0.3, 0.4) is 0 Å². The van der Waals surface area contributed by atoms with Crippen LogP contribution in [-0.4, -0.2) is 35.5 Å². The Bertz CT molecular complexity index is 339. The van der Waals surface area contributed by atoms with Crippen LogP contribution in [0.1, 0.15) is 45.4 Å². The summed E-state index contributed by atoms with van der Waals surface area (Å²) in [6, 6.07) is 0. The quantitative estimate of drug-likeness (QED) is 0.586. The van der Waals surface area contributed by atoms with Gasteiger partial charge in [-0.3, -0.25) is 4.55 Å². The number of ether oxygens (including phenoxy) is 1. The lowest BCUT2D eigenvalue weighted by molar-refractivity contribution is -0.190. The molecular formula is C10H19FO5S. The minimum absolute atomic E-state index is 0.345. The predicted octanol–water partition coefficient (Wildman–Crippen LogP) is 1.62. The molecule has 1 rings (SSSR count). The largest absolute Gasteiger partial charge is 0.364 e. The highest BCUT2D eigenvalue weighted by Crippen LogP contribution is 2.31. The van der Waals surface area contributed by atoms with Crippen LogP contribution in [0.5, 0.6) is 0 Å². The lowest BCUT2D eigenvalue weighted by Gasteiger charge is -2.31. The van der Waals surface area contributed by atoms with E-state index in [2.05, 4.69) is 0 Å². The van der Waals surface area contributed by atoms with Crippen molar-refractivity contribution in [1.29, 1.82) is 0 Å². The van der Waals surface area contributed by atoms with E-state index in [1.54, 1.807) is 0 Å². The van der Waals surface area contributed by atoms with Gasteiger partial charge in [-0.05, 0) is 12.8 Å². The molecule has 17 heavy (non-hydrogen) atoms. The van der Waals surface area contributed by atoms with Crippen molar-refractivity contribution in [2.24, 2.45) is 0 Å². The Balaban J connectivity index is 2.69. The third-order valence-corrected chi connectivity index (χ3v) is 4.50. The molecule has 1 saturated carbocycles. The van der Waals surface area contributed by atoms with E-state index in [1.807, 2.05) is 0 Å². The molecule has 7 heteroatoms. The van der Waals surface area contributed by atoms with Crippen molar-refractivity contribution in [1.82, 2.24) is 0 Å². The molecule has 1 aliphatic carbocycles. The van der Waals surface area contributed by atoms with Gasteiger partial charge in [-0.1, -0.05) is 26.2 Å². The van der Waals surface area contributed by atoms with Crippen LogP contribution in [-0.2, 0) is 14.9 Å². The molecule has 5 nitrogen and oxygen atoms in total. The van der Waals surface area contributed by atoms with Crippen LogP contribution in [0, 0.1) is 0 Å². The molecule has 2 unspecified atom stereocenters. The van der Waals surface area contributed by atoms with E-state index in [4.69, 9.17) is 9.29 Å². The van der Waals surface area contributed by atoms with Crippen LogP contribution in [0.4, 0.5) is 4.39 Å². The third-order valence-electron chi connectivity index (χ3n) is 3.15. The summed E-state index contributed by atoms with van der Waals surface area (Å²) in [5.74, 6) is 0. The van der Waals surface area contributed by atoms with Crippen LogP contribution >= 0.6 is 0 Å². The van der Waals surface area contributed by atoms with E-state index in [9.17, 15) is 17.9 Å². The van der Waals surface area contributed by atoms with Crippen molar-refractivity contribution >= 4 is 10.1 Å². The van der Waals surface area contributed by atoms with Gasteiger partial charge in [0.2, 0.25) is 6.29 Å². The van der Waals surface area contributed by atoms with Gasteiger partial charge in [0.15, 0.2) is 0 Å². The second kappa shape index (κ2) is 5.60.